The normalized spacial score (nSPS) is 11.2. The highest BCUT2D eigenvalue weighted by Gasteiger charge is 2.03. The fourth-order valence-electron chi connectivity index (χ4n) is 0.919. The zero-order valence-electron chi connectivity index (χ0n) is 9.86. The molecular formula is C10H22O5. The highest BCUT2D eigenvalue weighted by atomic mass is 16.7. The molecule has 0 aromatic heterocycles. The Balaban J connectivity index is 3.04. The van der Waals surface area contributed by atoms with E-state index in [1.165, 1.54) is 0 Å². The fourth-order valence-corrected chi connectivity index (χ4v) is 0.919. The van der Waals surface area contributed by atoms with E-state index in [2.05, 4.69) is 0 Å². The molecule has 15 heavy (non-hydrogen) atoms. The van der Waals surface area contributed by atoms with Crippen LogP contribution in [0.1, 0.15) is 6.42 Å². The van der Waals surface area contributed by atoms with Gasteiger partial charge in [-0.15, -0.1) is 0 Å². The predicted molar refractivity (Wildman–Crippen MR) is 55.9 cm³/mol. The summed E-state index contributed by atoms with van der Waals surface area (Å²) in [6.45, 7) is 3.06. The van der Waals surface area contributed by atoms with Crippen LogP contribution in [0, 0.1) is 0 Å². The highest BCUT2D eigenvalue weighted by Crippen LogP contribution is 1.93. The average Bonchev–Trinajstić information content (AvgIpc) is 2.27. The average molecular weight is 222 g/mol. The van der Waals surface area contributed by atoms with Gasteiger partial charge >= 0.3 is 0 Å². The SMILES string of the molecule is COCCOCCCOCC(OC)OC. The standard InChI is InChI=1S/C10H22O5/c1-11-7-8-14-5-4-6-15-9-10(12-2)13-3/h10H,4-9H2,1-3H3. The molecule has 0 aliphatic heterocycles. The van der Waals surface area contributed by atoms with Crippen molar-refractivity contribution in [1.29, 1.82) is 0 Å². The third-order valence-electron chi connectivity index (χ3n) is 1.79. The number of methoxy groups -OCH3 is 3. The maximum atomic E-state index is 5.32. The summed E-state index contributed by atoms with van der Waals surface area (Å²) in [4.78, 5) is 0. The van der Waals surface area contributed by atoms with Gasteiger partial charge in [0.05, 0.1) is 19.8 Å². The second-order valence-electron chi connectivity index (χ2n) is 2.93. The van der Waals surface area contributed by atoms with Gasteiger partial charge in [0.25, 0.3) is 0 Å². The third-order valence-corrected chi connectivity index (χ3v) is 1.79. The van der Waals surface area contributed by atoms with E-state index >= 15 is 0 Å². The van der Waals surface area contributed by atoms with E-state index in [0.29, 0.717) is 33.0 Å². The highest BCUT2D eigenvalue weighted by molar-refractivity contribution is 4.40. The van der Waals surface area contributed by atoms with Gasteiger partial charge in [-0.2, -0.15) is 0 Å². The molecule has 5 nitrogen and oxygen atoms in total. The summed E-state index contributed by atoms with van der Waals surface area (Å²) in [5.74, 6) is 0. The largest absolute Gasteiger partial charge is 0.382 e. The summed E-state index contributed by atoms with van der Waals surface area (Å²) < 4.78 is 25.4. The van der Waals surface area contributed by atoms with E-state index in [4.69, 9.17) is 23.7 Å². The van der Waals surface area contributed by atoms with Crippen LogP contribution in [0.2, 0.25) is 0 Å². The van der Waals surface area contributed by atoms with Crippen molar-refractivity contribution in [2.24, 2.45) is 0 Å². The Hall–Kier alpha value is -0.200. The van der Waals surface area contributed by atoms with E-state index in [1.54, 1.807) is 21.3 Å². The lowest BCUT2D eigenvalue weighted by atomic mass is 10.5. The molecule has 0 spiro atoms. The zero-order chi connectivity index (χ0) is 11.4. The molecule has 0 aromatic rings. The first kappa shape index (κ1) is 14.8. The van der Waals surface area contributed by atoms with Gasteiger partial charge in [0.2, 0.25) is 0 Å². The minimum absolute atomic E-state index is 0.278. The maximum absolute atomic E-state index is 5.32. The first-order valence-electron chi connectivity index (χ1n) is 5.05. The Bertz CT molecular complexity index is 116. The van der Waals surface area contributed by atoms with Crippen LogP contribution in [0.4, 0.5) is 0 Å². The molecule has 0 aliphatic carbocycles. The maximum Gasteiger partial charge on any atom is 0.180 e. The lowest BCUT2D eigenvalue weighted by molar-refractivity contribution is -0.141. The molecule has 0 fully saturated rings. The van der Waals surface area contributed by atoms with Gasteiger partial charge in [-0.25, -0.2) is 0 Å². The van der Waals surface area contributed by atoms with Crippen LogP contribution >= 0.6 is 0 Å². The lowest BCUT2D eigenvalue weighted by Crippen LogP contribution is -2.20. The molecule has 5 heteroatoms. The minimum Gasteiger partial charge on any atom is -0.382 e. The summed E-state index contributed by atoms with van der Waals surface area (Å²) in [5.41, 5.74) is 0. The molecule has 0 atom stereocenters. The van der Waals surface area contributed by atoms with Crippen molar-refractivity contribution in [3.05, 3.63) is 0 Å². The van der Waals surface area contributed by atoms with E-state index in [1.807, 2.05) is 0 Å². The van der Waals surface area contributed by atoms with Gasteiger partial charge in [0.15, 0.2) is 6.29 Å². The quantitative estimate of drug-likeness (QED) is 0.380. The molecule has 0 rings (SSSR count). The molecule has 0 aromatic carbocycles. The van der Waals surface area contributed by atoms with Crippen LogP contribution in [-0.2, 0) is 23.7 Å². The van der Waals surface area contributed by atoms with Crippen LogP contribution in [-0.4, -0.2) is 60.7 Å². The first-order chi connectivity index (χ1) is 7.35. The summed E-state index contributed by atoms with van der Waals surface area (Å²) in [7, 11) is 4.83. The minimum atomic E-state index is -0.278. The smallest absolute Gasteiger partial charge is 0.180 e. The van der Waals surface area contributed by atoms with Crippen molar-refractivity contribution in [2.75, 3.05) is 54.4 Å². The van der Waals surface area contributed by atoms with Crippen molar-refractivity contribution in [1.82, 2.24) is 0 Å². The molecule has 92 valence electrons. The Labute approximate surface area is 91.6 Å². The molecule has 0 saturated heterocycles. The van der Waals surface area contributed by atoms with Gasteiger partial charge in [-0.1, -0.05) is 0 Å². The van der Waals surface area contributed by atoms with E-state index in [9.17, 15) is 0 Å². The Kier molecular flexibility index (Phi) is 11.7. The van der Waals surface area contributed by atoms with Crippen LogP contribution in [0.25, 0.3) is 0 Å². The van der Waals surface area contributed by atoms with Crippen LogP contribution in [0.3, 0.4) is 0 Å². The molecule has 0 heterocycles. The van der Waals surface area contributed by atoms with Crippen LogP contribution < -0.4 is 0 Å². The molecule has 0 saturated carbocycles. The number of hydrogen-bond donors (Lipinski definition) is 0. The summed E-state index contributed by atoms with van der Waals surface area (Å²) in [6, 6.07) is 0. The zero-order valence-corrected chi connectivity index (χ0v) is 9.86. The molecule has 0 amide bonds. The van der Waals surface area contributed by atoms with Gasteiger partial charge in [-0.3, -0.25) is 0 Å². The lowest BCUT2D eigenvalue weighted by Gasteiger charge is -2.13. The van der Waals surface area contributed by atoms with E-state index in [-0.39, 0.29) is 6.29 Å². The Morgan fingerprint density at radius 2 is 1.47 bits per heavy atom. The summed E-state index contributed by atoms with van der Waals surface area (Å²) in [5, 5.41) is 0. The number of rotatable bonds is 11. The van der Waals surface area contributed by atoms with Crippen LogP contribution in [0.15, 0.2) is 0 Å². The van der Waals surface area contributed by atoms with Gasteiger partial charge in [0, 0.05) is 34.5 Å². The predicted octanol–water partition coefficient (Wildman–Crippen LogP) is 0.675. The molecule has 0 radical (unpaired) electrons. The Morgan fingerprint density at radius 3 is 2.07 bits per heavy atom. The third kappa shape index (κ3) is 10.1. The fraction of sp³-hybridized carbons (Fsp3) is 1.00. The summed E-state index contributed by atoms with van der Waals surface area (Å²) >= 11 is 0. The molecule has 0 N–H and O–H groups in total. The first-order valence-corrected chi connectivity index (χ1v) is 5.05. The number of hydrogen-bond acceptors (Lipinski definition) is 5. The van der Waals surface area contributed by atoms with Crippen molar-refractivity contribution in [3.63, 3.8) is 0 Å². The van der Waals surface area contributed by atoms with E-state index < -0.39 is 0 Å². The van der Waals surface area contributed by atoms with Crippen molar-refractivity contribution in [3.8, 4) is 0 Å². The van der Waals surface area contributed by atoms with Crippen LogP contribution in [0.5, 0.6) is 0 Å². The summed E-state index contributed by atoms with van der Waals surface area (Å²) in [6.07, 6.45) is 0.587. The second kappa shape index (κ2) is 11.9. The molecular weight excluding hydrogens is 200 g/mol. The van der Waals surface area contributed by atoms with E-state index in [0.717, 1.165) is 6.42 Å². The van der Waals surface area contributed by atoms with Gasteiger partial charge < -0.3 is 23.7 Å². The topological polar surface area (TPSA) is 46.2 Å². The Morgan fingerprint density at radius 1 is 0.800 bits per heavy atom. The molecule has 0 bridgehead atoms. The monoisotopic (exact) mass is 222 g/mol. The molecule has 0 aliphatic rings. The van der Waals surface area contributed by atoms with Crippen molar-refractivity contribution >= 4 is 0 Å². The van der Waals surface area contributed by atoms with Crippen molar-refractivity contribution < 1.29 is 23.7 Å². The molecule has 0 unspecified atom stereocenters. The number of ether oxygens (including phenoxy) is 5. The van der Waals surface area contributed by atoms with Gasteiger partial charge in [-0.05, 0) is 6.42 Å². The van der Waals surface area contributed by atoms with Gasteiger partial charge in [0.1, 0.15) is 0 Å². The second-order valence-corrected chi connectivity index (χ2v) is 2.93. The van der Waals surface area contributed by atoms with Crippen molar-refractivity contribution in [2.45, 2.75) is 12.7 Å².